The van der Waals surface area contributed by atoms with Gasteiger partial charge < -0.3 is 9.84 Å². The van der Waals surface area contributed by atoms with Crippen LogP contribution in [0.5, 0.6) is 0 Å². The number of fused-ring (bicyclic) bond motifs is 1. The number of aliphatic hydroxyl groups is 1. The summed E-state index contributed by atoms with van der Waals surface area (Å²) >= 11 is 0. The van der Waals surface area contributed by atoms with Crippen molar-refractivity contribution in [2.75, 3.05) is 19.7 Å². The van der Waals surface area contributed by atoms with Crippen molar-refractivity contribution in [3.05, 3.63) is 35.4 Å². The van der Waals surface area contributed by atoms with E-state index in [0.717, 1.165) is 37.9 Å². The fourth-order valence-corrected chi connectivity index (χ4v) is 4.07. The second-order valence-electron chi connectivity index (χ2n) is 6.76. The molecule has 2 aliphatic rings. The van der Waals surface area contributed by atoms with Gasteiger partial charge in [0.2, 0.25) is 0 Å². The zero-order valence-electron chi connectivity index (χ0n) is 13.9. The molecule has 0 bridgehead atoms. The maximum atomic E-state index is 11.5. The van der Waals surface area contributed by atoms with E-state index in [-0.39, 0.29) is 18.1 Å². The molecular formula is C19H27NO3. The molecule has 1 N–H and O–H groups in total. The topological polar surface area (TPSA) is 49.8 Å². The van der Waals surface area contributed by atoms with Crippen LogP contribution in [0.1, 0.15) is 49.8 Å². The number of esters is 1. The van der Waals surface area contributed by atoms with Gasteiger partial charge in [-0.15, -0.1) is 0 Å². The molecule has 0 aromatic heterocycles. The Kier molecular flexibility index (Phi) is 5.34. The minimum absolute atomic E-state index is 0.0853. The number of carbonyl (C=O) groups excluding carboxylic acids is 1. The van der Waals surface area contributed by atoms with Gasteiger partial charge in [0.1, 0.15) is 0 Å². The Hall–Kier alpha value is -1.39. The van der Waals surface area contributed by atoms with Gasteiger partial charge in [0, 0.05) is 19.0 Å². The molecule has 0 saturated carbocycles. The molecule has 3 atom stereocenters. The minimum Gasteiger partial charge on any atom is -0.466 e. The van der Waals surface area contributed by atoms with E-state index in [1.165, 1.54) is 12.0 Å². The molecule has 4 nitrogen and oxygen atoms in total. The summed E-state index contributed by atoms with van der Waals surface area (Å²) in [6, 6.07) is 8.41. The summed E-state index contributed by atoms with van der Waals surface area (Å²) in [6.07, 6.45) is 4.28. The maximum absolute atomic E-state index is 11.5. The second kappa shape index (κ2) is 7.45. The number of benzene rings is 1. The average molecular weight is 317 g/mol. The quantitative estimate of drug-likeness (QED) is 0.848. The van der Waals surface area contributed by atoms with Gasteiger partial charge in [-0.3, -0.25) is 9.69 Å². The lowest BCUT2D eigenvalue weighted by molar-refractivity contribution is -0.143. The number of likely N-dealkylation sites (tertiary alicyclic amines) is 1. The smallest absolute Gasteiger partial charge is 0.305 e. The molecule has 0 amide bonds. The predicted molar refractivity (Wildman–Crippen MR) is 89.1 cm³/mol. The molecule has 1 aliphatic heterocycles. The third-order valence-electron chi connectivity index (χ3n) is 5.25. The number of rotatable bonds is 5. The molecule has 1 aromatic carbocycles. The highest BCUT2D eigenvalue weighted by atomic mass is 16.5. The van der Waals surface area contributed by atoms with Gasteiger partial charge in [-0.1, -0.05) is 24.3 Å². The van der Waals surface area contributed by atoms with Gasteiger partial charge in [-0.2, -0.15) is 0 Å². The summed E-state index contributed by atoms with van der Waals surface area (Å²) in [6.45, 7) is 4.34. The third kappa shape index (κ3) is 3.75. The third-order valence-corrected chi connectivity index (χ3v) is 5.25. The van der Waals surface area contributed by atoms with Crippen LogP contribution in [0.4, 0.5) is 0 Å². The molecule has 4 heteroatoms. The van der Waals surface area contributed by atoms with Crippen LogP contribution in [0.2, 0.25) is 0 Å². The van der Waals surface area contributed by atoms with Crippen LogP contribution in [0, 0.1) is 5.92 Å². The normalized spacial score (nSPS) is 27.7. The van der Waals surface area contributed by atoms with E-state index in [0.29, 0.717) is 18.9 Å². The summed E-state index contributed by atoms with van der Waals surface area (Å²) in [5.41, 5.74) is 2.37. The molecule has 1 heterocycles. The molecular weight excluding hydrogens is 290 g/mol. The molecule has 23 heavy (non-hydrogen) atoms. The van der Waals surface area contributed by atoms with Crippen LogP contribution < -0.4 is 0 Å². The summed E-state index contributed by atoms with van der Waals surface area (Å²) in [5, 5.41) is 10.7. The van der Waals surface area contributed by atoms with E-state index in [9.17, 15) is 9.90 Å². The van der Waals surface area contributed by atoms with E-state index in [4.69, 9.17) is 4.74 Å². The summed E-state index contributed by atoms with van der Waals surface area (Å²) in [4.78, 5) is 14.0. The Labute approximate surface area is 138 Å². The Morgan fingerprint density at radius 2 is 2.22 bits per heavy atom. The molecule has 0 spiro atoms. The Bertz CT molecular complexity index is 545. The summed E-state index contributed by atoms with van der Waals surface area (Å²) in [5.74, 6) is 0.446. The number of ether oxygens (including phenoxy) is 1. The van der Waals surface area contributed by atoms with Gasteiger partial charge in [0.05, 0.1) is 12.7 Å². The van der Waals surface area contributed by atoms with Crippen molar-refractivity contribution in [1.82, 2.24) is 4.90 Å². The van der Waals surface area contributed by atoms with E-state index in [2.05, 4.69) is 11.0 Å². The Morgan fingerprint density at radius 1 is 1.39 bits per heavy atom. The number of nitrogens with zero attached hydrogens (tertiary/aromatic N) is 1. The molecule has 1 aromatic rings. The zero-order valence-corrected chi connectivity index (χ0v) is 13.9. The Balaban J connectivity index is 1.56. The first-order chi connectivity index (χ1) is 11.2. The van der Waals surface area contributed by atoms with Gasteiger partial charge in [0.25, 0.3) is 0 Å². The van der Waals surface area contributed by atoms with Gasteiger partial charge >= 0.3 is 5.97 Å². The molecule has 3 unspecified atom stereocenters. The molecule has 1 saturated heterocycles. The van der Waals surface area contributed by atoms with Crippen LogP contribution >= 0.6 is 0 Å². The minimum atomic E-state index is -0.380. The zero-order chi connectivity index (χ0) is 16.2. The van der Waals surface area contributed by atoms with Crippen molar-refractivity contribution < 1.29 is 14.6 Å². The van der Waals surface area contributed by atoms with E-state index >= 15 is 0 Å². The van der Waals surface area contributed by atoms with E-state index < -0.39 is 0 Å². The lowest BCUT2D eigenvalue weighted by Crippen LogP contribution is -2.44. The lowest BCUT2D eigenvalue weighted by Gasteiger charge is -2.38. The van der Waals surface area contributed by atoms with E-state index in [1.807, 2.05) is 25.1 Å². The van der Waals surface area contributed by atoms with Crippen LogP contribution in [0.25, 0.3) is 0 Å². The molecule has 0 radical (unpaired) electrons. The van der Waals surface area contributed by atoms with E-state index in [1.54, 1.807) is 0 Å². The van der Waals surface area contributed by atoms with Crippen LogP contribution in [0.3, 0.4) is 0 Å². The Morgan fingerprint density at radius 3 is 3.00 bits per heavy atom. The molecule has 1 fully saturated rings. The van der Waals surface area contributed by atoms with Crippen molar-refractivity contribution in [2.45, 2.75) is 51.2 Å². The summed E-state index contributed by atoms with van der Waals surface area (Å²) < 4.78 is 5.03. The lowest BCUT2D eigenvalue weighted by atomic mass is 9.91. The first kappa shape index (κ1) is 16.5. The fraction of sp³-hybridized carbons (Fsp3) is 0.632. The van der Waals surface area contributed by atoms with Crippen molar-refractivity contribution >= 4 is 5.97 Å². The number of piperidine rings is 1. The monoisotopic (exact) mass is 317 g/mol. The van der Waals surface area contributed by atoms with Crippen molar-refractivity contribution in [3.8, 4) is 0 Å². The van der Waals surface area contributed by atoms with Crippen molar-refractivity contribution in [1.29, 1.82) is 0 Å². The number of hydrogen-bond donors (Lipinski definition) is 1. The number of carbonyl (C=O) groups is 1. The highest BCUT2D eigenvalue weighted by Crippen LogP contribution is 2.36. The predicted octanol–water partition coefficient (Wildman–Crippen LogP) is 2.70. The van der Waals surface area contributed by atoms with Crippen LogP contribution in [-0.2, 0) is 16.0 Å². The average Bonchev–Trinajstić information content (AvgIpc) is 2.91. The standard InChI is InChI=1S/C19H27NO3/c1-2-23-18(21)10-9-14-6-5-11-20(13-14)17-12-15-7-3-4-8-16(15)19(17)22/h3-4,7-8,14,17,19,22H,2,5-6,9-13H2,1H3. The summed E-state index contributed by atoms with van der Waals surface area (Å²) in [7, 11) is 0. The largest absolute Gasteiger partial charge is 0.466 e. The number of hydrogen-bond acceptors (Lipinski definition) is 4. The SMILES string of the molecule is CCOC(=O)CCC1CCCN(C2Cc3ccccc3C2O)C1. The highest BCUT2D eigenvalue weighted by Gasteiger charge is 2.36. The second-order valence-corrected chi connectivity index (χ2v) is 6.76. The molecule has 3 rings (SSSR count). The number of aliphatic hydroxyl groups excluding tert-OH is 1. The highest BCUT2D eigenvalue weighted by molar-refractivity contribution is 5.69. The van der Waals surface area contributed by atoms with Crippen molar-refractivity contribution in [2.24, 2.45) is 5.92 Å². The first-order valence-electron chi connectivity index (χ1n) is 8.84. The maximum Gasteiger partial charge on any atom is 0.305 e. The van der Waals surface area contributed by atoms with Gasteiger partial charge in [-0.05, 0) is 56.2 Å². The molecule has 126 valence electrons. The van der Waals surface area contributed by atoms with Gasteiger partial charge in [-0.25, -0.2) is 0 Å². The van der Waals surface area contributed by atoms with Crippen molar-refractivity contribution in [3.63, 3.8) is 0 Å². The van der Waals surface area contributed by atoms with Gasteiger partial charge in [0.15, 0.2) is 0 Å². The van der Waals surface area contributed by atoms with Crippen LogP contribution in [-0.4, -0.2) is 41.7 Å². The molecule has 1 aliphatic carbocycles. The van der Waals surface area contributed by atoms with Crippen LogP contribution in [0.15, 0.2) is 24.3 Å². The first-order valence-corrected chi connectivity index (χ1v) is 8.84. The fourth-order valence-electron chi connectivity index (χ4n) is 4.07.